The van der Waals surface area contributed by atoms with Gasteiger partial charge in [-0.15, -0.1) is 12.4 Å². The molecule has 3 fully saturated rings. The lowest BCUT2D eigenvalue weighted by molar-refractivity contribution is -0.145. The number of rotatable bonds is 9. The number of benzene rings is 3. The highest BCUT2D eigenvalue weighted by atomic mass is 35.5. The molecule has 6 nitrogen and oxygen atoms in total. The SMILES string of the molecule is COC(=O)C(c1ccccc1)C1CCCCC1.COC(=O)C(c1ccccc1)C1CCCCC1.Cl.O=C(O)C(c1ccccc1)C1CCCCC1. The predicted molar refractivity (Wildman–Crippen MR) is 206 cm³/mol. The van der Waals surface area contributed by atoms with E-state index in [0.717, 1.165) is 55.2 Å². The van der Waals surface area contributed by atoms with Crippen molar-refractivity contribution in [2.24, 2.45) is 17.8 Å². The van der Waals surface area contributed by atoms with Crippen LogP contribution in [0.5, 0.6) is 0 Å². The summed E-state index contributed by atoms with van der Waals surface area (Å²) in [6, 6.07) is 29.8. The van der Waals surface area contributed by atoms with Crippen molar-refractivity contribution >= 4 is 30.3 Å². The van der Waals surface area contributed by atoms with E-state index in [9.17, 15) is 19.5 Å². The number of hydrogen-bond donors (Lipinski definition) is 1. The maximum absolute atomic E-state index is 12.0. The summed E-state index contributed by atoms with van der Waals surface area (Å²) in [7, 11) is 2.97. The van der Waals surface area contributed by atoms with Crippen molar-refractivity contribution in [3.05, 3.63) is 108 Å². The fourth-order valence-electron chi connectivity index (χ4n) is 8.46. The van der Waals surface area contributed by atoms with Gasteiger partial charge in [0.2, 0.25) is 0 Å². The lowest BCUT2D eigenvalue weighted by atomic mass is 9.77. The third-order valence-corrected chi connectivity index (χ3v) is 11.0. The number of esters is 2. The first-order valence-corrected chi connectivity index (χ1v) is 19.0. The molecule has 3 atom stereocenters. The minimum absolute atomic E-state index is 0. The van der Waals surface area contributed by atoms with Crippen molar-refractivity contribution in [3.63, 3.8) is 0 Å². The highest BCUT2D eigenvalue weighted by molar-refractivity contribution is 5.85. The molecule has 0 amide bonds. The Labute approximate surface area is 312 Å². The van der Waals surface area contributed by atoms with Gasteiger partial charge in [0.25, 0.3) is 0 Å². The average Bonchev–Trinajstić information content (AvgIpc) is 3.18. The zero-order valence-corrected chi connectivity index (χ0v) is 31.4. The molecule has 0 heterocycles. The van der Waals surface area contributed by atoms with Gasteiger partial charge in [0.15, 0.2) is 0 Å². The van der Waals surface area contributed by atoms with Gasteiger partial charge in [-0.3, -0.25) is 14.4 Å². The Kier molecular flexibility index (Phi) is 18.9. The summed E-state index contributed by atoms with van der Waals surface area (Å²) >= 11 is 0. The minimum Gasteiger partial charge on any atom is -0.481 e. The van der Waals surface area contributed by atoms with E-state index < -0.39 is 5.97 Å². The van der Waals surface area contributed by atoms with E-state index in [1.165, 1.54) is 72.0 Å². The van der Waals surface area contributed by atoms with Crippen molar-refractivity contribution < 1.29 is 29.0 Å². The Bertz CT molecular complexity index is 1320. The first-order chi connectivity index (χ1) is 24.4. The molecule has 7 heteroatoms. The molecule has 0 saturated heterocycles. The second-order valence-electron chi connectivity index (χ2n) is 14.2. The van der Waals surface area contributed by atoms with E-state index in [-0.39, 0.29) is 42.1 Å². The Morgan fingerprint density at radius 3 is 0.980 bits per heavy atom. The summed E-state index contributed by atoms with van der Waals surface area (Å²) in [5.41, 5.74) is 3.17. The van der Waals surface area contributed by atoms with Crippen molar-refractivity contribution in [1.29, 1.82) is 0 Å². The summed E-state index contributed by atoms with van der Waals surface area (Å²) in [5.74, 6) is -0.0281. The van der Waals surface area contributed by atoms with E-state index in [1.54, 1.807) is 0 Å². The van der Waals surface area contributed by atoms with Gasteiger partial charge in [0, 0.05) is 0 Å². The molecular weight excluding hydrogens is 660 g/mol. The van der Waals surface area contributed by atoms with Gasteiger partial charge >= 0.3 is 17.9 Å². The Hall–Kier alpha value is -3.64. The van der Waals surface area contributed by atoms with Crippen LogP contribution in [0.1, 0.15) is 131 Å². The topological polar surface area (TPSA) is 89.9 Å². The molecule has 278 valence electrons. The number of carbonyl (C=O) groups is 3. The Morgan fingerprint density at radius 2 is 0.725 bits per heavy atom. The third-order valence-electron chi connectivity index (χ3n) is 11.0. The molecule has 1 N–H and O–H groups in total. The van der Waals surface area contributed by atoms with Crippen molar-refractivity contribution in [2.75, 3.05) is 14.2 Å². The van der Waals surface area contributed by atoms with Crippen molar-refractivity contribution in [1.82, 2.24) is 0 Å². The van der Waals surface area contributed by atoms with Crippen LogP contribution in [-0.4, -0.2) is 37.2 Å². The molecule has 3 aliphatic rings. The van der Waals surface area contributed by atoms with Gasteiger partial charge in [-0.1, -0.05) is 149 Å². The summed E-state index contributed by atoms with van der Waals surface area (Å²) in [6.45, 7) is 0. The molecule has 3 aliphatic carbocycles. The van der Waals surface area contributed by atoms with E-state index in [2.05, 4.69) is 0 Å². The maximum atomic E-state index is 12.0. The van der Waals surface area contributed by atoms with Crippen LogP contribution in [0, 0.1) is 17.8 Å². The number of carboxylic acids is 1. The standard InChI is InChI=1S/2C15H20O2.C14H18O2.ClH/c2*1-17-15(16)14(12-8-4-2-5-9-12)13-10-6-3-7-11-13;15-14(16)13(11-7-3-1-4-8-11)12-9-5-2-6-10-12;/h2*2,4-5,8-9,13-14H,3,6-7,10-11H2,1H3;1,3-4,7-8,12-13H,2,5-6,9-10H2,(H,15,16);1H. The average molecular weight is 719 g/mol. The van der Waals surface area contributed by atoms with Gasteiger partial charge in [-0.05, 0) is 73.0 Å². The maximum Gasteiger partial charge on any atom is 0.313 e. The van der Waals surface area contributed by atoms with Crippen LogP contribution in [0.15, 0.2) is 91.0 Å². The second-order valence-corrected chi connectivity index (χ2v) is 14.2. The Balaban J connectivity index is 0.000000205. The number of methoxy groups -OCH3 is 2. The van der Waals surface area contributed by atoms with Gasteiger partial charge in [0.1, 0.15) is 0 Å². The number of carbonyl (C=O) groups excluding carboxylic acids is 2. The monoisotopic (exact) mass is 718 g/mol. The van der Waals surface area contributed by atoms with Gasteiger partial charge in [0.05, 0.1) is 32.0 Å². The molecule has 0 spiro atoms. The molecule has 0 radical (unpaired) electrons. The smallest absolute Gasteiger partial charge is 0.313 e. The van der Waals surface area contributed by atoms with Crippen LogP contribution in [0.25, 0.3) is 0 Å². The molecule has 3 saturated carbocycles. The van der Waals surface area contributed by atoms with E-state index in [4.69, 9.17) is 9.47 Å². The van der Waals surface area contributed by atoms with Crippen LogP contribution >= 0.6 is 12.4 Å². The summed E-state index contributed by atoms with van der Waals surface area (Å²) < 4.78 is 9.96. The van der Waals surface area contributed by atoms with Crippen molar-refractivity contribution in [3.8, 4) is 0 Å². The first kappa shape index (κ1) is 41.8. The predicted octanol–water partition coefficient (Wildman–Crippen LogP) is 10.9. The number of hydrogen-bond acceptors (Lipinski definition) is 5. The number of aliphatic carboxylic acids is 1. The van der Waals surface area contributed by atoms with Crippen LogP contribution in [-0.2, 0) is 23.9 Å². The van der Waals surface area contributed by atoms with Crippen molar-refractivity contribution in [2.45, 2.75) is 114 Å². The molecule has 3 unspecified atom stereocenters. The van der Waals surface area contributed by atoms with Crippen LogP contribution in [0.3, 0.4) is 0 Å². The van der Waals surface area contributed by atoms with Crippen LogP contribution in [0.2, 0.25) is 0 Å². The van der Waals surface area contributed by atoms with Gasteiger partial charge in [-0.2, -0.15) is 0 Å². The summed E-state index contributed by atoms with van der Waals surface area (Å²) in [4.78, 5) is 35.4. The Morgan fingerprint density at radius 1 is 0.471 bits per heavy atom. The first-order valence-electron chi connectivity index (χ1n) is 19.0. The second kappa shape index (κ2) is 23.0. The molecule has 0 aliphatic heterocycles. The van der Waals surface area contributed by atoms with E-state index >= 15 is 0 Å². The number of carboxylic acid groups (broad SMARTS) is 1. The minimum atomic E-state index is -0.668. The molecule has 3 aromatic rings. The summed E-state index contributed by atoms with van der Waals surface area (Å²) in [6.07, 6.45) is 17.9. The third kappa shape index (κ3) is 12.8. The number of ether oxygens (including phenoxy) is 2. The molecular formula is C44H59ClO6. The molecule has 3 aromatic carbocycles. The van der Waals surface area contributed by atoms with Crippen LogP contribution < -0.4 is 0 Å². The van der Waals surface area contributed by atoms with Gasteiger partial charge < -0.3 is 14.6 Å². The molecule has 51 heavy (non-hydrogen) atoms. The van der Waals surface area contributed by atoms with Gasteiger partial charge in [-0.25, -0.2) is 0 Å². The highest BCUT2D eigenvalue weighted by Gasteiger charge is 2.33. The van der Waals surface area contributed by atoms with Crippen LogP contribution in [0.4, 0.5) is 0 Å². The largest absolute Gasteiger partial charge is 0.481 e. The molecule has 6 rings (SSSR count). The normalized spacial score (nSPS) is 18.5. The highest BCUT2D eigenvalue weighted by Crippen LogP contribution is 2.38. The zero-order chi connectivity index (χ0) is 35.6. The summed E-state index contributed by atoms with van der Waals surface area (Å²) in [5, 5.41) is 9.38. The molecule has 0 aromatic heterocycles. The zero-order valence-electron chi connectivity index (χ0n) is 30.6. The van der Waals surface area contributed by atoms with E-state index in [1.807, 2.05) is 91.0 Å². The fraction of sp³-hybridized carbons (Fsp3) is 0.523. The quantitative estimate of drug-likeness (QED) is 0.222. The van der Waals surface area contributed by atoms with E-state index in [0.29, 0.717) is 17.8 Å². The molecule has 0 bridgehead atoms. The lowest BCUT2D eigenvalue weighted by Gasteiger charge is -2.28. The fourth-order valence-corrected chi connectivity index (χ4v) is 8.46. The number of halogens is 1. The lowest BCUT2D eigenvalue weighted by Crippen LogP contribution is -2.24.